The van der Waals surface area contributed by atoms with Gasteiger partial charge in [-0.1, -0.05) is 25.1 Å². The molecule has 3 aromatic rings. The van der Waals surface area contributed by atoms with E-state index in [0.29, 0.717) is 17.0 Å². The third-order valence-corrected chi connectivity index (χ3v) is 4.85. The molecule has 0 atom stereocenters. The molecular weight excluding hydrogens is 328 g/mol. The summed E-state index contributed by atoms with van der Waals surface area (Å²) in [6, 6.07) is 9.79. The lowest BCUT2D eigenvalue weighted by Crippen LogP contribution is -2.33. The quantitative estimate of drug-likeness (QED) is 0.778. The minimum absolute atomic E-state index is 0.137. The van der Waals surface area contributed by atoms with E-state index in [9.17, 15) is 4.79 Å². The fourth-order valence-electron chi connectivity index (χ4n) is 3.54. The molecule has 0 bridgehead atoms. The maximum Gasteiger partial charge on any atom is 0.263 e. The number of para-hydroxylation sites is 1. The molecule has 0 spiro atoms. The lowest BCUT2D eigenvalue weighted by molar-refractivity contribution is 0.294. The van der Waals surface area contributed by atoms with Gasteiger partial charge in [-0.25, -0.2) is 4.68 Å². The Morgan fingerprint density at radius 1 is 1.12 bits per heavy atom. The monoisotopic (exact) mass is 352 g/mol. The van der Waals surface area contributed by atoms with E-state index in [0.717, 1.165) is 51.3 Å². The molecule has 1 N–H and O–H groups in total. The summed E-state index contributed by atoms with van der Waals surface area (Å²) in [7, 11) is 0. The van der Waals surface area contributed by atoms with Crippen LogP contribution in [-0.4, -0.2) is 57.4 Å². The minimum Gasteiger partial charge on any atom is -0.341 e. The van der Waals surface area contributed by atoms with Crippen LogP contribution in [-0.2, 0) is 0 Å². The molecule has 1 aliphatic rings. The number of anilines is 1. The molecule has 0 amide bonds. The van der Waals surface area contributed by atoms with Gasteiger partial charge >= 0.3 is 0 Å². The Morgan fingerprint density at radius 2 is 1.96 bits per heavy atom. The predicted octanol–water partition coefficient (Wildman–Crippen LogP) is 2.03. The Hall–Kier alpha value is -2.67. The summed E-state index contributed by atoms with van der Waals surface area (Å²) in [4.78, 5) is 24.9. The van der Waals surface area contributed by atoms with Gasteiger partial charge in [-0.05, 0) is 38.1 Å². The normalized spacial score (nSPS) is 16.1. The third kappa shape index (κ3) is 3.22. The molecule has 2 aromatic heterocycles. The SMILES string of the molecule is CCCN1CCCN(c2nc3c(cnn3-c3ccccc3)c(=O)[nH]2)CC1. The van der Waals surface area contributed by atoms with Crippen LogP contribution >= 0.6 is 0 Å². The van der Waals surface area contributed by atoms with Crippen LogP contribution in [0.15, 0.2) is 41.3 Å². The summed E-state index contributed by atoms with van der Waals surface area (Å²) in [5.74, 6) is 0.638. The molecule has 4 rings (SSSR count). The summed E-state index contributed by atoms with van der Waals surface area (Å²) >= 11 is 0. The summed E-state index contributed by atoms with van der Waals surface area (Å²) in [5.41, 5.74) is 1.36. The summed E-state index contributed by atoms with van der Waals surface area (Å²) in [6.45, 7) is 7.19. The summed E-state index contributed by atoms with van der Waals surface area (Å²) in [5, 5.41) is 4.89. The highest BCUT2D eigenvalue weighted by Gasteiger charge is 2.18. The molecule has 1 aliphatic heterocycles. The van der Waals surface area contributed by atoms with Crippen molar-refractivity contribution in [3.8, 4) is 5.69 Å². The molecule has 0 unspecified atom stereocenters. The summed E-state index contributed by atoms with van der Waals surface area (Å²) < 4.78 is 1.73. The highest BCUT2D eigenvalue weighted by atomic mass is 16.1. The molecule has 26 heavy (non-hydrogen) atoms. The number of aromatic amines is 1. The van der Waals surface area contributed by atoms with Gasteiger partial charge in [-0.2, -0.15) is 10.1 Å². The Bertz CT molecular complexity index is 932. The Labute approximate surface area is 152 Å². The summed E-state index contributed by atoms with van der Waals surface area (Å²) in [6.07, 6.45) is 3.82. The fraction of sp³-hybridized carbons (Fsp3) is 0.421. The van der Waals surface area contributed by atoms with Gasteiger partial charge < -0.3 is 9.80 Å². The van der Waals surface area contributed by atoms with E-state index < -0.39 is 0 Å². The molecule has 136 valence electrons. The topological polar surface area (TPSA) is 70.1 Å². The molecule has 7 heteroatoms. The van der Waals surface area contributed by atoms with Crippen LogP contribution in [0.5, 0.6) is 0 Å². The average molecular weight is 352 g/mol. The number of aromatic nitrogens is 4. The Kier molecular flexibility index (Phi) is 4.71. The van der Waals surface area contributed by atoms with Crippen molar-refractivity contribution >= 4 is 17.0 Å². The molecule has 0 saturated carbocycles. The number of H-pyrrole nitrogens is 1. The Balaban J connectivity index is 1.69. The predicted molar refractivity (Wildman–Crippen MR) is 103 cm³/mol. The van der Waals surface area contributed by atoms with Crippen LogP contribution in [0.3, 0.4) is 0 Å². The maximum atomic E-state index is 12.6. The Morgan fingerprint density at radius 3 is 2.77 bits per heavy atom. The van der Waals surface area contributed by atoms with Gasteiger partial charge in [0.05, 0.1) is 11.9 Å². The number of fused-ring (bicyclic) bond motifs is 1. The van der Waals surface area contributed by atoms with Crippen LogP contribution in [0.25, 0.3) is 16.7 Å². The van der Waals surface area contributed by atoms with Gasteiger partial charge in [0, 0.05) is 19.6 Å². The first kappa shape index (κ1) is 16.8. The van der Waals surface area contributed by atoms with Crippen molar-refractivity contribution in [3.63, 3.8) is 0 Å². The smallest absolute Gasteiger partial charge is 0.263 e. The number of hydrogen-bond donors (Lipinski definition) is 1. The first-order valence-electron chi connectivity index (χ1n) is 9.27. The van der Waals surface area contributed by atoms with Gasteiger partial charge in [-0.3, -0.25) is 9.78 Å². The van der Waals surface area contributed by atoms with Crippen molar-refractivity contribution in [3.05, 3.63) is 46.9 Å². The van der Waals surface area contributed by atoms with Crippen LogP contribution in [0.4, 0.5) is 5.95 Å². The zero-order chi connectivity index (χ0) is 17.9. The molecule has 1 saturated heterocycles. The van der Waals surface area contributed by atoms with E-state index >= 15 is 0 Å². The highest BCUT2D eigenvalue weighted by Crippen LogP contribution is 2.17. The lowest BCUT2D eigenvalue weighted by Gasteiger charge is -2.22. The first-order chi connectivity index (χ1) is 12.8. The van der Waals surface area contributed by atoms with E-state index in [1.807, 2.05) is 30.3 Å². The number of nitrogens with one attached hydrogen (secondary N) is 1. The van der Waals surface area contributed by atoms with E-state index in [4.69, 9.17) is 4.98 Å². The second-order valence-electron chi connectivity index (χ2n) is 6.70. The minimum atomic E-state index is -0.137. The highest BCUT2D eigenvalue weighted by molar-refractivity contribution is 5.76. The van der Waals surface area contributed by atoms with Crippen LogP contribution < -0.4 is 10.5 Å². The molecular formula is C19H24N6O. The van der Waals surface area contributed by atoms with Crippen LogP contribution in [0.2, 0.25) is 0 Å². The van der Waals surface area contributed by atoms with E-state index in [-0.39, 0.29) is 5.56 Å². The van der Waals surface area contributed by atoms with Crippen molar-refractivity contribution in [2.45, 2.75) is 19.8 Å². The fourth-order valence-corrected chi connectivity index (χ4v) is 3.54. The van der Waals surface area contributed by atoms with E-state index in [2.05, 4.69) is 26.8 Å². The standard InChI is InChI=1S/C19H24N6O/c1-2-9-23-10-6-11-24(13-12-23)19-21-17-16(18(26)22-19)14-20-25(17)15-7-4-3-5-8-15/h3-5,7-8,14H,2,6,9-13H2,1H3,(H,21,22,26). The second kappa shape index (κ2) is 7.29. The molecule has 7 nitrogen and oxygen atoms in total. The molecule has 1 fully saturated rings. The second-order valence-corrected chi connectivity index (χ2v) is 6.70. The maximum absolute atomic E-state index is 12.6. The van der Waals surface area contributed by atoms with Crippen molar-refractivity contribution < 1.29 is 0 Å². The third-order valence-electron chi connectivity index (χ3n) is 4.85. The molecule has 0 aliphatic carbocycles. The lowest BCUT2D eigenvalue weighted by atomic mass is 10.3. The zero-order valence-electron chi connectivity index (χ0n) is 15.1. The van der Waals surface area contributed by atoms with Gasteiger partial charge in [-0.15, -0.1) is 0 Å². The van der Waals surface area contributed by atoms with Crippen LogP contribution in [0, 0.1) is 0 Å². The number of hydrogen-bond acceptors (Lipinski definition) is 5. The molecule has 3 heterocycles. The van der Waals surface area contributed by atoms with Crippen LogP contribution in [0.1, 0.15) is 19.8 Å². The molecule has 0 radical (unpaired) electrons. The largest absolute Gasteiger partial charge is 0.341 e. The van der Waals surface area contributed by atoms with Gasteiger partial charge in [0.2, 0.25) is 5.95 Å². The number of benzene rings is 1. The number of rotatable bonds is 4. The van der Waals surface area contributed by atoms with Crippen molar-refractivity contribution in [2.75, 3.05) is 37.6 Å². The van der Waals surface area contributed by atoms with Crippen molar-refractivity contribution in [1.82, 2.24) is 24.6 Å². The van der Waals surface area contributed by atoms with Crippen molar-refractivity contribution in [1.29, 1.82) is 0 Å². The van der Waals surface area contributed by atoms with E-state index in [1.165, 1.54) is 0 Å². The number of nitrogens with zero attached hydrogens (tertiary/aromatic N) is 5. The van der Waals surface area contributed by atoms with E-state index in [1.54, 1.807) is 10.9 Å². The van der Waals surface area contributed by atoms with Gasteiger partial charge in [0.15, 0.2) is 5.65 Å². The van der Waals surface area contributed by atoms with Gasteiger partial charge in [0.25, 0.3) is 5.56 Å². The zero-order valence-corrected chi connectivity index (χ0v) is 15.1. The molecule has 1 aromatic carbocycles. The van der Waals surface area contributed by atoms with Crippen molar-refractivity contribution in [2.24, 2.45) is 0 Å². The first-order valence-corrected chi connectivity index (χ1v) is 9.27. The van der Waals surface area contributed by atoms with Gasteiger partial charge in [0.1, 0.15) is 5.39 Å². The average Bonchev–Trinajstić information content (AvgIpc) is 2.96.